The van der Waals surface area contributed by atoms with Crippen LogP contribution in [0.15, 0.2) is 48.5 Å². The van der Waals surface area contributed by atoms with E-state index < -0.39 is 0 Å². The summed E-state index contributed by atoms with van der Waals surface area (Å²) < 4.78 is 11.5. The first-order valence-electron chi connectivity index (χ1n) is 9.73. The average molecular weight is 401 g/mol. The summed E-state index contributed by atoms with van der Waals surface area (Å²) in [6, 6.07) is 16.0. The first-order chi connectivity index (χ1) is 13.7. The molecule has 1 aliphatic rings. The van der Waals surface area contributed by atoms with Gasteiger partial charge in [-0.1, -0.05) is 49.7 Å². The fourth-order valence-corrected chi connectivity index (χ4v) is 4.37. The number of carbonyl (C=O) groups excluding carboxylic acids is 1. The van der Waals surface area contributed by atoms with Gasteiger partial charge in [-0.2, -0.15) is 0 Å². The van der Waals surface area contributed by atoms with Gasteiger partial charge in [0.15, 0.2) is 11.5 Å². The van der Waals surface area contributed by atoms with Crippen LogP contribution in [0.3, 0.4) is 0 Å². The van der Waals surface area contributed by atoms with Crippen molar-refractivity contribution in [2.45, 2.75) is 31.7 Å². The maximum Gasteiger partial charge on any atom is 0.318 e. The van der Waals surface area contributed by atoms with Crippen molar-refractivity contribution in [1.29, 1.82) is 0 Å². The van der Waals surface area contributed by atoms with Gasteiger partial charge in [-0.25, -0.2) is 4.79 Å². The minimum atomic E-state index is -0.00120. The zero-order valence-corrected chi connectivity index (χ0v) is 17.3. The normalized spacial score (nSPS) is 16.1. The number of urea groups is 1. The smallest absolute Gasteiger partial charge is 0.318 e. The fraction of sp³-hybridized carbons (Fsp3) is 0.409. The van der Waals surface area contributed by atoms with Crippen molar-refractivity contribution in [2.24, 2.45) is 0 Å². The number of unbranched alkanes of at least 4 members (excludes halogenated alkanes) is 1. The van der Waals surface area contributed by atoms with Crippen LogP contribution in [0.1, 0.15) is 36.3 Å². The molecule has 3 rings (SSSR count). The molecule has 1 saturated heterocycles. The second-order valence-electron chi connectivity index (χ2n) is 6.69. The largest absolute Gasteiger partial charge is 0.493 e. The van der Waals surface area contributed by atoms with E-state index in [0.717, 1.165) is 42.8 Å². The number of thioether (sulfide) groups is 1. The summed E-state index contributed by atoms with van der Waals surface area (Å²) in [6.45, 7) is 4.08. The van der Waals surface area contributed by atoms with Gasteiger partial charge in [0.25, 0.3) is 0 Å². The highest BCUT2D eigenvalue weighted by molar-refractivity contribution is 7.99. The van der Waals surface area contributed by atoms with Crippen molar-refractivity contribution in [1.82, 2.24) is 10.2 Å². The molecule has 1 fully saturated rings. The number of amides is 2. The number of nitrogens with one attached hydrogen (secondary N) is 1. The summed E-state index contributed by atoms with van der Waals surface area (Å²) in [7, 11) is 1.64. The third-order valence-electron chi connectivity index (χ3n) is 4.67. The average Bonchev–Trinajstić information content (AvgIpc) is 3.23. The molecule has 150 valence electrons. The number of nitrogens with zero attached hydrogens (tertiary/aromatic N) is 1. The number of ether oxygens (including phenoxy) is 2. The van der Waals surface area contributed by atoms with Gasteiger partial charge in [-0.05, 0) is 29.7 Å². The van der Waals surface area contributed by atoms with Gasteiger partial charge in [0, 0.05) is 18.8 Å². The minimum absolute atomic E-state index is 0.00120. The number of rotatable bonds is 8. The van der Waals surface area contributed by atoms with Crippen molar-refractivity contribution < 1.29 is 14.3 Å². The summed E-state index contributed by atoms with van der Waals surface area (Å²) in [5, 5.41) is 3.02. The van der Waals surface area contributed by atoms with Crippen LogP contribution >= 0.6 is 11.8 Å². The number of benzene rings is 2. The van der Waals surface area contributed by atoms with Crippen LogP contribution < -0.4 is 14.8 Å². The molecule has 2 aromatic rings. The van der Waals surface area contributed by atoms with Crippen LogP contribution in [0.2, 0.25) is 0 Å². The lowest BCUT2D eigenvalue weighted by atomic mass is 10.2. The molecule has 1 N–H and O–H groups in total. The van der Waals surface area contributed by atoms with Gasteiger partial charge in [0.05, 0.1) is 7.11 Å². The van der Waals surface area contributed by atoms with Crippen molar-refractivity contribution >= 4 is 17.8 Å². The highest BCUT2D eigenvalue weighted by Gasteiger charge is 2.31. The van der Waals surface area contributed by atoms with Gasteiger partial charge in [0.2, 0.25) is 0 Å². The van der Waals surface area contributed by atoms with Crippen LogP contribution in [0, 0.1) is 0 Å². The van der Waals surface area contributed by atoms with Crippen LogP contribution in [-0.4, -0.2) is 36.9 Å². The minimum Gasteiger partial charge on any atom is -0.493 e. The number of hydrogen-bond acceptors (Lipinski definition) is 4. The Bertz CT molecular complexity index is 770. The van der Waals surface area contributed by atoms with Crippen molar-refractivity contribution in [2.75, 3.05) is 26.0 Å². The van der Waals surface area contributed by atoms with Gasteiger partial charge < -0.3 is 19.7 Å². The second kappa shape index (κ2) is 10.3. The van der Waals surface area contributed by atoms with E-state index in [-0.39, 0.29) is 11.4 Å². The van der Waals surface area contributed by atoms with Gasteiger partial charge in [-0.3, -0.25) is 0 Å². The molecule has 0 saturated carbocycles. The van der Waals surface area contributed by atoms with E-state index in [1.165, 1.54) is 0 Å². The number of hydrogen-bond donors (Lipinski definition) is 1. The zero-order valence-electron chi connectivity index (χ0n) is 16.5. The molecule has 0 spiro atoms. The Labute approximate surface area is 171 Å². The Morgan fingerprint density at radius 3 is 2.79 bits per heavy atom. The molecule has 0 unspecified atom stereocenters. The third kappa shape index (κ3) is 5.13. The standard InChI is InChI=1S/C22H28N2O3S/c1-3-4-12-23-22(25)24-13-14-28-21(24)18-10-11-19(20(15-18)26-2)27-16-17-8-6-5-7-9-17/h5-11,15,21H,3-4,12-14,16H2,1-2H3,(H,23,25)/t21-/m1/s1. The molecule has 0 aromatic heterocycles. The monoisotopic (exact) mass is 400 g/mol. The Kier molecular flexibility index (Phi) is 7.48. The van der Waals surface area contributed by atoms with Gasteiger partial charge in [-0.15, -0.1) is 11.8 Å². The van der Waals surface area contributed by atoms with E-state index in [0.29, 0.717) is 18.1 Å². The molecule has 2 aromatic carbocycles. The molecule has 5 nitrogen and oxygen atoms in total. The van der Waals surface area contributed by atoms with E-state index in [9.17, 15) is 4.79 Å². The Balaban J connectivity index is 1.69. The molecule has 1 aliphatic heterocycles. The molecule has 1 atom stereocenters. The van der Waals surface area contributed by atoms with Gasteiger partial charge >= 0.3 is 6.03 Å². The molecule has 6 heteroatoms. The molecule has 28 heavy (non-hydrogen) atoms. The Hall–Kier alpha value is -2.34. The topological polar surface area (TPSA) is 50.8 Å². The maximum atomic E-state index is 12.5. The van der Waals surface area contributed by atoms with E-state index in [2.05, 4.69) is 12.2 Å². The molecule has 2 amide bonds. The quantitative estimate of drug-likeness (QED) is 0.645. The Morgan fingerprint density at radius 1 is 1.21 bits per heavy atom. The van der Waals surface area contributed by atoms with Crippen molar-refractivity contribution in [3.05, 3.63) is 59.7 Å². The van der Waals surface area contributed by atoms with Crippen LogP contribution in [-0.2, 0) is 6.61 Å². The van der Waals surface area contributed by atoms with E-state index in [1.54, 1.807) is 18.9 Å². The Morgan fingerprint density at radius 2 is 2.04 bits per heavy atom. The van der Waals surface area contributed by atoms with E-state index >= 15 is 0 Å². The summed E-state index contributed by atoms with van der Waals surface area (Å²) in [5.41, 5.74) is 2.16. The van der Waals surface area contributed by atoms with Crippen molar-refractivity contribution in [3.63, 3.8) is 0 Å². The molecular weight excluding hydrogens is 372 g/mol. The predicted octanol–water partition coefficient (Wildman–Crippen LogP) is 4.83. The molecular formula is C22H28N2O3S. The number of methoxy groups -OCH3 is 1. The van der Waals surface area contributed by atoms with Crippen LogP contribution in [0.5, 0.6) is 11.5 Å². The van der Waals surface area contributed by atoms with E-state index in [4.69, 9.17) is 9.47 Å². The maximum absolute atomic E-state index is 12.5. The lowest BCUT2D eigenvalue weighted by molar-refractivity contribution is 0.200. The highest BCUT2D eigenvalue weighted by atomic mass is 32.2. The third-order valence-corrected chi connectivity index (χ3v) is 5.93. The second-order valence-corrected chi connectivity index (χ2v) is 7.87. The molecule has 0 radical (unpaired) electrons. The predicted molar refractivity (Wildman–Crippen MR) is 114 cm³/mol. The molecule has 0 aliphatic carbocycles. The first kappa shape index (κ1) is 20.4. The first-order valence-corrected chi connectivity index (χ1v) is 10.8. The summed E-state index contributed by atoms with van der Waals surface area (Å²) in [4.78, 5) is 14.4. The lowest BCUT2D eigenvalue weighted by Gasteiger charge is -2.25. The summed E-state index contributed by atoms with van der Waals surface area (Å²) in [5.74, 6) is 2.32. The van der Waals surface area contributed by atoms with Crippen LogP contribution in [0.4, 0.5) is 4.79 Å². The summed E-state index contributed by atoms with van der Waals surface area (Å²) >= 11 is 1.78. The van der Waals surface area contributed by atoms with Gasteiger partial charge in [0.1, 0.15) is 12.0 Å². The fourth-order valence-electron chi connectivity index (χ4n) is 3.12. The zero-order chi connectivity index (χ0) is 19.8. The lowest BCUT2D eigenvalue weighted by Crippen LogP contribution is -2.39. The molecule has 0 bridgehead atoms. The van der Waals surface area contributed by atoms with Crippen LogP contribution in [0.25, 0.3) is 0 Å². The van der Waals surface area contributed by atoms with E-state index in [1.807, 2.05) is 53.4 Å². The highest BCUT2D eigenvalue weighted by Crippen LogP contribution is 2.41. The SMILES string of the molecule is CCCCNC(=O)N1CCS[C@@H]1c1ccc(OCc2ccccc2)c(OC)c1. The van der Waals surface area contributed by atoms with Crippen molar-refractivity contribution in [3.8, 4) is 11.5 Å². The summed E-state index contributed by atoms with van der Waals surface area (Å²) in [6.07, 6.45) is 2.07. The molecule has 1 heterocycles. The number of carbonyl (C=O) groups is 1.